The molecule has 0 bridgehead atoms. The largest absolute Gasteiger partial charge is 0.368 e. The van der Waals surface area contributed by atoms with Gasteiger partial charge in [0.05, 0.1) is 17.6 Å². The Morgan fingerprint density at radius 2 is 1.90 bits per heavy atom. The number of H-pyrrole nitrogens is 1. The number of carbonyl (C=O) groups is 1. The number of nitrogens with zero attached hydrogens (tertiary/aromatic N) is 5. The van der Waals surface area contributed by atoms with Crippen LogP contribution in [0.3, 0.4) is 0 Å². The minimum atomic E-state index is -0.0375. The van der Waals surface area contributed by atoms with Gasteiger partial charge in [-0.3, -0.25) is 14.5 Å². The van der Waals surface area contributed by atoms with Crippen molar-refractivity contribution in [3.05, 3.63) is 57.4 Å². The van der Waals surface area contributed by atoms with E-state index in [1.807, 2.05) is 45.3 Å². The van der Waals surface area contributed by atoms with Crippen LogP contribution in [0.25, 0.3) is 5.65 Å². The lowest BCUT2D eigenvalue weighted by molar-refractivity contribution is 0.0983. The van der Waals surface area contributed by atoms with Crippen LogP contribution in [0.1, 0.15) is 47.6 Å². The third-order valence-corrected chi connectivity index (χ3v) is 5.83. The zero-order chi connectivity index (χ0) is 21.3. The number of pyridine rings is 1. The third-order valence-electron chi connectivity index (χ3n) is 5.83. The van der Waals surface area contributed by atoms with E-state index in [1.54, 1.807) is 4.52 Å². The van der Waals surface area contributed by atoms with Crippen molar-refractivity contribution in [1.29, 1.82) is 0 Å². The molecule has 3 aromatic rings. The van der Waals surface area contributed by atoms with E-state index in [1.165, 1.54) is 0 Å². The maximum atomic E-state index is 12.2. The van der Waals surface area contributed by atoms with E-state index >= 15 is 0 Å². The number of Topliss-reactive ketones (excluding diaryl/α,β-unsaturated/α-hetero) is 1. The number of aryl methyl sites for hydroxylation is 2. The molecule has 1 saturated heterocycles. The number of rotatable bonds is 6. The van der Waals surface area contributed by atoms with Crippen molar-refractivity contribution >= 4 is 17.1 Å². The maximum Gasteiger partial charge on any atom is 0.254 e. The van der Waals surface area contributed by atoms with Gasteiger partial charge in [-0.2, -0.15) is 5.10 Å². The van der Waals surface area contributed by atoms with E-state index in [9.17, 15) is 9.59 Å². The summed E-state index contributed by atoms with van der Waals surface area (Å²) < 4.78 is 1.76. The lowest BCUT2D eigenvalue weighted by atomic mass is 10.1. The number of fused-ring (bicyclic) bond motifs is 1. The molecule has 1 aliphatic rings. The summed E-state index contributed by atoms with van der Waals surface area (Å²) in [5.74, 6) is 0.0759. The Balaban J connectivity index is 1.43. The average Bonchev–Trinajstić information content (AvgIpc) is 3.14. The number of carbonyl (C=O) groups excluding carboxylic acids is 1. The summed E-state index contributed by atoms with van der Waals surface area (Å²) in [6.45, 7) is 10.1. The summed E-state index contributed by atoms with van der Waals surface area (Å²) in [6, 6.07) is 3.85. The van der Waals surface area contributed by atoms with Gasteiger partial charge in [0.2, 0.25) is 0 Å². The summed E-state index contributed by atoms with van der Waals surface area (Å²) >= 11 is 0. The summed E-state index contributed by atoms with van der Waals surface area (Å²) in [5.41, 5.74) is 5.04. The Morgan fingerprint density at radius 3 is 2.57 bits per heavy atom. The second-order valence-corrected chi connectivity index (χ2v) is 7.77. The number of anilines is 1. The van der Waals surface area contributed by atoms with E-state index in [0.717, 1.165) is 60.9 Å². The van der Waals surface area contributed by atoms with Gasteiger partial charge in [-0.1, -0.05) is 13.8 Å². The molecule has 4 heterocycles. The zero-order valence-electron chi connectivity index (χ0n) is 17.8. The van der Waals surface area contributed by atoms with Gasteiger partial charge in [-0.25, -0.2) is 9.50 Å². The predicted molar refractivity (Wildman–Crippen MR) is 116 cm³/mol. The number of ketones is 1. The highest BCUT2D eigenvalue weighted by Gasteiger charge is 2.21. The van der Waals surface area contributed by atoms with Gasteiger partial charge in [0.25, 0.3) is 5.56 Å². The van der Waals surface area contributed by atoms with Crippen LogP contribution in [0.2, 0.25) is 0 Å². The topological polar surface area (TPSA) is 86.6 Å². The first-order valence-electron chi connectivity index (χ1n) is 10.6. The first-order chi connectivity index (χ1) is 14.5. The molecule has 4 rings (SSSR count). The lowest BCUT2D eigenvalue weighted by Gasteiger charge is -2.36. The molecule has 8 nitrogen and oxygen atoms in total. The SMILES string of the molecule is CCC(=O)c1ccc(N2CCN(Cc3cnn4cc(CC)c(=O)[nH]c34)CC2)c(C)n1. The van der Waals surface area contributed by atoms with Gasteiger partial charge >= 0.3 is 0 Å². The minimum Gasteiger partial charge on any atom is -0.368 e. The van der Waals surface area contributed by atoms with Crippen LogP contribution in [-0.2, 0) is 13.0 Å². The monoisotopic (exact) mass is 408 g/mol. The summed E-state index contributed by atoms with van der Waals surface area (Å²) in [5, 5.41) is 4.41. The highest BCUT2D eigenvalue weighted by Crippen LogP contribution is 2.22. The fourth-order valence-electron chi connectivity index (χ4n) is 4.01. The molecule has 30 heavy (non-hydrogen) atoms. The van der Waals surface area contributed by atoms with Crippen molar-refractivity contribution in [1.82, 2.24) is 24.5 Å². The number of aromatic amines is 1. The molecule has 0 aliphatic carbocycles. The van der Waals surface area contributed by atoms with Gasteiger partial charge < -0.3 is 9.88 Å². The van der Waals surface area contributed by atoms with Crippen LogP contribution in [0.4, 0.5) is 5.69 Å². The molecule has 0 aromatic carbocycles. The van der Waals surface area contributed by atoms with Gasteiger partial charge in [-0.05, 0) is 25.5 Å². The molecule has 0 unspecified atom stereocenters. The highest BCUT2D eigenvalue weighted by molar-refractivity contribution is 5.94. The van der Waals surface area contributed by atoms with Crippen LogP contribution >= 0.6 is 0 Å². The Labute approximate surface area is 175 Å². The Bertz CT molecular complexity index is 1120. The molecule has 1 N–H and O–H groups in total. The van der Waals surface area contributed by atoms with Crippen molar-refractivity contribution in [2.75, 3.05) is 31.1 Å². The summed E-state index contributed by atoms with van der Waals surface area (Å²) in [7, 11) is 0. The lowest BCUT2D eigenvalue weighted by Crippen LogP contribution is -2.46. The van der Waals surface area contributed by atoms with Crippen molar-refractivity contribution in [2.45, 2.75) is 40.2 Å². The number of piperazine rings is 1. The normalized spacial score (nSPS) is 15.1. The molecule has 8 heteroatoms. The maximum absolute atomic E-state index is 12.2. The molecular weight excluding hydrogens is 380 g/mol. The van der Waals surface area contributed by atoms with Crippen LogP contribution in [0.15, 0.2) is 29.3 Å². The quantitative estimate of drug-likeness (QED) is 0.630. The molecule has 0 amide bonds. The van der Waals surface area contributed by atoms with Crippen molar-refractivity contribution in [3.8, 4) is 0 Å². The standard InChI is InChI=1S/C22H28N6O2/c1-4-16-14-28-21(25-22(16)30)17(12-23-28)13-26-8-10-27(11-9-26)19-7-6-18(20(29)5-2)24-15(19)3/h6-7,12,14H,4-5,8-11,13H2,1-3H3,(H,25,30). The molecule has 1 aliphatic heterocycles. The van der Waals surface area contributed by atoms with Crippen LogP contribution < -0.4 is 10.5 Å². The second kappa shape index (κ2) is 8.39. The van der Waals surface area contributed by atoms with E-state index in [0.29, 0.717) is 18.5 Å². The van der Waals surface area contributed by atoms with Crippen molar-refractivity contribution in [3.63, 3.8) is 0 Å². The number of hydrogen-bond acceptors (Lipinski definition) is 6. The van der Waals surface area contributed by atoms with E-state index in [2.05, 4.69) is 24.9 Å². The van der Waals surface area contributed by atoms with Gasteiger partial charge in [0, 0.05) is 56.5 Å². The van der Waals surface area contributed by atoms with E-state index in [-0.39, 0.29) is 11.3 Å². The highest BCUT2D eigenvalue weighted by atomic mass is 16.1. The predicted octanol–water partition coefficient (Wildman–Crippen LogP) is 2.20. The molecule has 1 fully saturated rings. The molecule has 0 spiro atoms. The van der Waals surface area contributed by atoms with Crippen molar-refractivity contribution in [2.24, 2.45) is 0 Å². The Kier molecular flexibility index (Phi) is 5.67. The summed E-state index contributed by atoms with van der Waals surface area (Å²) in [4.78, 5) is 36.2. The fraction of sp³-hybridized carbons (Fsp3) is 0.455. The van der Waals surface area contributed by atoms with Gasteiger partial charge in [-0.15, -0.1) is 0 Å². The zero-order valence-corrected chi connectivity index (χ0v) is 17.8. The molecule has 0 saturated carbocycles. The molecule has 158 valence electrons. The number of aromatic nitrogens is 4. The van der Waals surface area contributed by atoms with Gasteiger partial charge in [0.1, 0.15) is 11.3 Å². The molecule has 3 aromatic heterocycles. The fourth-order valence-corrected chi connectivity index (χ4v) is 4.01. The Hall–Kier alpha value is -3.00. The second-order valence-electron chi connectivity index (χ2n) is 7.77. The summed E-state index contributed by atoms with van der Waals surface area (Å²) in [6.07, 6.45) is 4.82. The smallest absolute Gasteiger partial charge is 0.254 e. The average molecular weight is 409 g/mol. The van der Waals surface area contributed by atoms with E-state index in [4.69, 9.17) is 0 Å². The number of nitrogens with one attached hydrogen (secondary N) is 1. The van der Waals surface area contributed by atoms with Crippen LogP contribution in [-0.4, -0.2) is 56.4 Å². The third kappa shape index (κ3) is 3.87. The minimum absolute atomic E-state index is 0.0375. The molecule has 0 radical (unpaired) electrons. The first kappa shape index (κ1) is 20.3. The van der Waals surface area contributed by atoms with Crippen molar-refractivity contribution < 1.29 is 4.79 Å². The van der Waals surface area contributed by atoms with E-state index < -0.39 is 0 Å². The van der Waals surface area contributed by atoms with Crippen LogP contribution in [0, 0.1) is 6.92 Å². The number of hydrogen-bond donors (Lipinski definition) is 1. The molecular formula is C22H28N6O2. The Morgan fingerprint density at radius 1 is 1.13 bits per heavy atom. The van der Waals surface area contributed by atoms with Crippen LogP contribution in [0.5, 0.6) is 0 Å². The van der Waals surface area contributed by atoms with Gasteiger partial charge in [0.15, 0.2) is 5.78 Å². The molecule has 0 atom stereocenters. The first-order valence-corrected chi connectivity index (χ1v) is 10.6.